The molecule has 0 amide bonds. The Morgan fingerprint density at radius 1 is 1.21 bits per heavy atom. The molecule has 19 heavy (non-hydrogen) atoms. The van der Waals surface area contributed by atoms with Gasteiger partial charge in [-0.1, -0.05) is 12.5 Å². The van der Waals surface area contributed by atoms with Gasteiger partial charge in [0.25, 0.3) is 0 Å². The van der Waals surface area contributed by atoms with Crippen molar-refractivity contribution in [3.63, 3.8) is 0 Å². The first-order chi connectivity index (χ1) is 9.02. The Balaban J connectivity index is 1.61. The number of alkyl halides is 3. The number of nitrogens with zero attached hydrogens (tertiary/aromatic N) is 1. The van der Waals surface area contributed by atoms with E-state index in [4.69, 9.17) is 4.74 Å². The van der Waals surface area contributed by atoms with Gasteiger partial charge in [-0.25, -0.2) is 4.98 Å². The molecular weight excluding hydrogens is 255 g/mol. The lowest BCUT2D eigenvalue weighted by molar-refractivity contribution is -0.141. The van der Waals surface area contributed by atoms with Crippen molar-refractivity contribution in [1.82, 2.24) is 4.98 Å². The third-order valence-corrected chi connectivity index (χ3v) is 4.34. The molecule has 2 fully saturated rings. The number of ether oxygens (including phenoxy) is 1. The summed E-state index contributed by atoms with van der Waals surface area (Å²) in [5.74, 6) is 2.09. The molecule has 3 rings (SSSR count). The molecule has 1 heterocycles. The Kier molecular flexibility index (Phi) is 3.15. The zero-order valence-electron chi connectivity index (χ0n) is 10.5. The van der Waals surface area contributed by atoms with Crippen LogP contribution in [-0.2, 0) is 6.18 Å². The SMILES string of the molecule is FC(F)(F)c1cccc(OCC2CC3CCC2C3)n1. The Morgan fingerprint density at radius 2 is 2.05 bits per heavy atom. The Labute approximate surface area is 110 Å². The number of hydrogen-bond donors (Lipinski definition) is 0. The van der Waals surface area contributed by atoms with Crippen LogP contribution in [0.1, 0.15) is 31.4 Å². The fourth-order valence-electron chi connectivity index (χ4n) is 3.43. The van der Waals surface area contributed by atoms with Gasteiger partial charge in [0.15, 0.2) is 0 Å². The monoisotopic (exact) mass is 271 g/mol. The van der Waals surface area contributed by atoms with Gasteiger partial charge in [-0.15, -0.1) is 0 Å². The first-order valence-electron chi connectivity index (χ1n) is 6.69. The molecule has 3 atom stereocenters. The van der Waals surface area contributed by atoms with E-state index in [0.29, 0.717) is 18.4 Å². The van der Waals surface area contributed by atoms with E-state index >= 15 is 0 Å². The predicted octanol–water partition coefficient (Wildman–Crippen LogP) is 3.92. The third-order valence-electron chi connectivity index (χ3n) is 4.34. The lowest BCUT2D eigenvalue weighted by atomic mass is 9.90. The average molecular weight is 271 g/mol. The van der Waals surface area contributed by atoms with Crippen LogP contribution >= 0.6 is 0 Å². The maximum atomic E-state index is 12.5. The van der Waals surface area contributed by atoms with Gasteiger partial charge < -0.3 is 4.74 Å². The number of aromatic nitrogens is 1. The second-order valence-corrected chi connectivity index (χ2v) is 5.60. The fourth-order valence-corrected chi connectivity index (χ4v) is 3.43. The largest absolute Gasteiger partial charge is 0.477 e. The van der Waals surface area contributed by atoms with Crippen molar-refractivity contribution < 1.29 is 17.9 Å². The summed E-state index contributed by atoms with van der Waals surface area (Å²) in [4.78, 5) is 3.52. The highest BCUT2D eigenvalue weighted by molar-refractivity contribution is 5.17. The summed E-state index contributed by atoms with van der Waals surface area (Å²) in [5.41, 5.74) is -0.891. The summed E-state index contributed by atoms with van der Waals surface area (Å²) in [6.45, 7) is 0.496. The lowest BCUT2D eigenvalue weighted by Crippen LogP contribution is -2.19. The summed E-state index contributed by atoms with van der Waals surface area (Å²) in [6, 6.07) is 3.79. The molecule has 0 N–H and O–H groups in total. The van der Waals surface area contributed by atoms with E-state index in [-0.39, 0.29) is 5.88 Å². The normalized spacial score (nSPS) is 29.7. The lowest BCUT2D eigenvalue weighted by Gasteiger charge is -2.21. The Bertz CT molecular complexity index is 460. The van der Waals surface area contributed by atoms with Gasteiger partial charge in [-0.05, 0) is 43.1 Å². The predicted molar refractivity (Wildman–Crippen MR) is 63.7 cm³/mol. The summed E-state index contributed by atoms with van der Waals surface area (Å²) in [7, 11) is 0. The van der Waals surface area contributed by atoms with E-state index in [0.717, 1.165) is 18.4 Å². The molecule has 0 aliphatic heterocycles. The van der Waals surface area contributed by atoms with Crippen LogP contribution in [0.4, 0.5) is 13.2 Å². The van der Waals surface area contributed by atoms with E-state index in [2.05, 4.69) is 4.98 Å². The molecule has 5 heteroatoms. The molecule has 2 nitrogen and oxygen atoms in total. The van der Waals surface area contributed by atoms with Gasteiger partial charge in [0, 0.05) is 6.07 Å². The van der Waals surface area contributed by atoms with Crippen molar-refractivity contribution in [2.75, 3.05) is 6.61 Å². The maximum Gasteiger partial charge on any atom is 0.433 e. The van der Waals surface area contributed by atoms with Gasteiger partial charge in [-0.3, -0.25) is 0 Å². The molecule has 0 aromatic carbocycles. The van der Waals surface area contributed by atoms with Crippen LogP contribution in [0.5, 0.6) is 5.88 Å². The zero-order chi connectivity index (χ0) is 13.5. The second-order valence-electron chi connectivity index (χ2n) is 5.60. The summed E-state index contributed by atoms with van der Waals surface area (Å²) >= 11 is 0. The molecule has 2 bridgehead atoms. The van der Waals surface area contributed by atoms with Gasteiger partial charge in [0.1, 0.15) is 5.69 Å². The quantitative estimate of drug-likeness (QED) is 0.831. The van der Waals surface area contributed by atoms with Crippen LogP contribution in [0.2, 0.25) is 0 Å². The van der Waals surface area contributed by atoms with Crippen LogP contribution in [0.3, 0.4) is 0 Å². The molecule has 0 saturated heterocycles. The molecule has 3 unspecified atom stereocenters. The van der Waals surface area contributed by atoms with Crippen LogP contribution in [-0.4, -0.2) is 11.6 Å². The molecule has 2 saturated carbocycles. The molecule has 1 aromatic rings. The van der Waals surface area contributed by atoms with Crippen molar-refractivity contribution in [2.24, 2.45) is 17.8 Å². The molecular formula is C14H16F3NO. The minimum atomic E-state index is -4.41. The van der Waals surface area contributed by atoms with E-state index in [9.17, 15) is 13.2 Å². The molecule has 104 valence electrons. The van der Waals surface area contributed by atoms with E-state index in [1.54, 1.807) is 0 Å². The molecule has 2 aliphatic carbocycles. The molecule has 0 spiro atoms. The summed E-state index contributed by atoms with van der Waals surface area (Å²) in [6.07, 6.45) is 0.567. The van der Waals surface area contributed by atoms with Crippen molar-refractivity contribution >= 4 is 0 Å². The smallest absolute Gasteiger partial charge is 0.433 e. The minimum absolute atomic E-state index is 0.0811. The molecule has 1 aromatic heterocycles. The fraction of sp³-hybridized carbons (Fsp3) is 0.643. The molecule has 0 radical (unpaired) electrons. The first kappa shape index (κ1) is 12.8. The standard InChI is InChI=1S/C14H16F3NO/c15-14(16,17)12-2-1-3-13(18-12)19-8-11-7-9-4-5-10(11)6-9/h1-3,9-11H,4-8H2. The van der Waals surface area contributed by atoms with Crippen molar-refractivity contribution in [3.8, 4) is 5.88 Å². The van der Waals surface area contributed by atoms with Crippen molar-refractivity contribution in [2.45, 2.75) is 31.9 Å². The average Bonchev–Trinajstić information content (AvgIpc) is 2.98. The van der Waals surface area contributed by atoms with E-state index in [1.165, 1.54) is 31.4 Å². The highest BCUT2D eigenvalue weighted by atomic mass is 19.4. The summed E-state index contributed by atoms with van der Waals surface area (Å²) < 4.78 is 43.0. The molecule has 2 aliphatic rings. The Hall–Kier alpha value is -1.26. The van der Waals surface area contributed by atoms with Crippen LogP contribution in [0.15, 0.2) is 18.2 Å². The topological polar surface area (TPSA) is 22.1 Å². The van der Waals surface area contributed by atoms with Crippen molar-refractivity contribution in [3.05, 3.63) is 23.9 Å². The van der Waals surface area contributed by atoms with Gasteiger partial charge in [0.05, 0.1) is 6.61 Å². The number of hydrogen-bond acceptors (Lipinski definition) is 2. The van der Waals surface area contributed by atoms with Crippen LogP contribution in [0, 0.1) is 17.8 Å². The van der Waals surface area contributed by atoms with Crippen molar-refractivity contribution in [1.29, 1.82) is 0 Å². The summed E-state index contributed by atoms with van der Waals surface area (Å²) in [5, 5.41) is 0. The van der Waals surface area contributed by atoms with Gasteiger partial charge >= 0.3 is 6.18 Å². The Morgan fingerprint density at radius 3 is 2.68 bits per heavy atom. The van der Waals surface area contributed by atoms with E-state index in [1.807, 2.05) is 0 Å². The second kappa shape index (κ2) is 4.69. The number of fused-ring (bicyclic) bond motifs is 2. The van der Waals surface area contributed by atoms with Gasteiger partial charge in [-0.2, -0.15) is 13.2 Å². The van der Waals surface area contributed by atoms with Crippen LogP contribution < -0.4 is 4.74 Å². The third kappa shape index (κ3) is 2.69. The van der Waals surface area contributed by atoms with Gasteiger partial charge in [0.2, 0.25) is 5.88 Å². The zero-order valence-corrected chi connectivity index (χ0v) is 10.5. The highest BCUT2D eigenvalue weighted by Gasteiger charge is 2.39. The minimum Gasteiger partial charge on any atom is -0.477 e. The van der Waals surface area contributed by atoms with Crippen LogP contribution in [0.25, 0.3) is 0 Å². The number of halogens is 3. The first-order valence-corrected chi connectivity index (χ1v) is 6.69. The van der Waals surface area contributed by atoms with E-state index < -0.39 is 11.9 Å². The number of rotatable bonds is 3. The maximum absolute atomic E-state index is 12.5. The highest BCUT2D eigenvalue weighted by Crippen LogP contribution is 2.48. The number of pyridine rings is 1.